The summed E-state index contributed by atoms with van der Waals surface area (Å²) in [6.07, 6.45) is -0.944. The Bertz CT molecular complexity index is 885. The van der Waals surface area contributed by atoms with E-state index in [1.807, 2.05) is 0 Å². The molecule has 0 fully saturated rings. The van der Waals surface area contributed by atoms with Crippen molar-refractivity contribution < 1.29 is 23.9 Å². The lowest BCUT2D eigenvalue weighted by atomic mass is 9.83. The third-order valence-corrected chi connectivity index (χ3v) is 4.22. The van der Waals surface area contributed by atoms with E-state index < -0.39 is 11.9 Å². The number of fused-ring (bicyclic) bond motifs is 2. The zero-order valence-corrected chi connectivity index (χ0v) is 13.8. The number of rotatable bonds is 2. The van der Waals surface area contributed by atoms with Crippen LogP contribution in [0.1, 0.15) is 44.3 Å². The molecule has 5 nitrogen and oxygen atoms in total. The average Bonchev–Trinajstić information content (AvgIpc) is 2.56. The van der Waals surface area contributed by atoms with Crippen LogP contribution in [0.5, 0.6) is 5.75 Å². The Labute approximate surface area is 143 Å². The summed E-state index contributed by atoms with van der Waals surface area (Å²) in [5.74, 6) is -0.817. The summed E-state index contributed by atoms with van der Waals surface area (Å²) in [7, 11) is 0. The molecule has 122 valence electrons. The molecule has 6 heteroatoms. The van der Waals surface area contributed by atoms with Crippen LogP contribution < -0.4 is 4.74 Å². The van der Waals surface area contributed by atoms with Crippen molar-refractivity contribution in [2.45, 2.75) is 13.8 Å². The first-order chi connectivity index (χ1) is 11.5. The molecule has 0 bridgehead atoms. The van der Waals surface area contributed by atoms with Gasteiger partial charge in [0.15, 0.2) is 11.6 Å². The number of aryl methyl sites for hydroxylation is 1. The number of benzene rings is 2. The highest BCUT2D eigenvalue weighted by atomic mass is 35.5. The molecule has 0 spiro atoms. The van der Waals surface area contributed by atoms with Crippen molar-refractivity contribution in [2.24, 2.45) is 0 Å². The van der Waals surface area contributed by atoms with Gasteiger partial charge in [-0.25, -0.2) is 4.79 Å². The second kappa shape index (κ2) is 6.09. The summed E-state index contributed by atoms with van der Waals surface area (Å²) in [5.41, 5.74) is 1.10. The standard InChI is InChI=1S/C18H13ClO5/c1-3-23-18(22)24-12-8-9(2)15(19)14-13(12)16(20)10-6-4-5-7-11(10)17(14)21/h4-8H,3H2,1-2H3. The molecule has 0 N–H and O–H groups in total. The van der Waals surface area contributed by atoms with Gasteiger partial charge in [0.25, 0.3) is 0 Å². The number of hydrogen-bond acceptors (Lipinski definition) is 5. The molecule has 0 aliphatic heterocycles. The third kappa shape index (κ3) is 2.47. The second-order valence-corrected chi connectivity index (χ2v) is 5.62. The van der Waals surface area contributed by atoms with Gasteiger partial charge in [0.05, 0.1) is 22.8 Å². The minimum atomic E-state index is -0.944. The van der Waals surface area contributed by atoms with E-state index in [4.69, 9.17) is 21.1 Å². The molecule has 0 amide bonds. The van der Waals surface area contributed by atoms with Gasteiger partial charge in [-0.1, -0.05) is 35.9 Å². The Hall–Kier alpha value is -2.66. The van der Waals surface area contributed by atoms with Crippen LogP contribution in [0.3, 0.4) is 0 Å². The van der Waals surface area contributed by atoms with E-state index in [0.29, 0.717) is 5.56 Å². The first kappa shape index (κ1) is 16.2. The highest BCUT2D eigenvalue weighted by molar-refractivity contribution is 6.40. The van der Waals surface area contributed by atoms with E-state index in [-0.39, 0.29) is 45.4 Å². The smallest absolute Gasteiger partial charge is 0.434 e. The molecule has 0 saturated carbocycles. The highest BCUT2D eigenvalue weighted by Crippen LogP contribution is 2.39. The number of hydrogen-bond donors (Lipinski definition) is 0. The normalized spacial score (nSPS) is 12.5. The van der Waals surface area contributed by atoms with Crippen molar-refractivity contribution in [3.8, 4) is 5.75 Å². The minimum Gasteiger partial charge on any atom is -0.434 e. The lowest BCUT2D eigenvalue weighted by Crippen LogP contribution is -2.24. The molecule has 2 aromatic carbocycles. The summed E-state index contributed by atoms with van der Waals surface area (Å²) in [6.45, 7) is 3.43. The zero-order chi connectivity index (χ0) is 17.4. The van der Waals surface area contributed by atoms with Gasteiger partial charge in [-0.05, 0) is 25.5 Å². The van der Waals surface area contributed by atoms with Gasteiger partial charge in [-0.15, -0.1) is 0 Å². The molecule has 0 aromatic heterocycles. The lowest BCUT2D eigenvalue weighted by molar-refractivity contribution is 0.0957. The van der Waals surface area contributed by atoms with Crippen LogP contribution in [0.2, 0.25) is 5.02 Å². The van der Waals surface area contributed by atoms with Crippen molar-refractivity contribution in [1.82, 2.24) is 0 Å². The molecule has 1 aliphatic rings. The molecular weight excluding hydrogens is 332 g/mol. The topological polar surface area (TPSA) is 69.7 Å². The van der Waals surface area contributed by atoms with Crippen molar-refractivity contribution >= 4 is 29.3 Å². The summed E-state index contributed by atoms with van der Waals surface area (Å²) in [4.78, 5) is 37.3. The summed E-state index contributed by atoms with van der Waals surface area (Å²) < 4.78 is 9.88. The monoisotopic (exact) mass is 344 g/mol. The molecule has 0 saturated heterocycles. The number of ether oxygens (including phenoxy) is 2. The zero-order valence-electron chi connectivity index (χ0n) is 13.0. The fourth-order valence-corrected chi connectivity index (χ4v) is 2.90. The van der Waals surface area contributed by atoms with Crippen LogP contribution in [-0.4, -0.2) is 24.3 Å². The highest BCUT2D eigenvalue weighted by Gasteiger charge is 2.35. The molecule has 0 atom stereocenters. The lowest BCUT2D eigenvalue weighted by Gasteiger charge is -2.21. The number of halogens is 1. The Morgan fingerprint density at radius 1 is 1.08 bits per heavy atom. The number of ketones is 2. The van der Waals surface area contributed by atoms with Gasteiger partial charge in [-0.2, -0.15) is 0 Å². The molecule has 0 unspecified atom stereocenters. The Balaban J connectivity index is 2.23. The first-order valence-corrected chi connectivity index (χ1v) is 7.69. The first-order valence-electron chi connectivity index (χ1n) is 7.31. The van der Waals surface area contributed by atoms with E-state index in [1.54, 1.807) is 38.1 Å². The Morgan fingerprint density at radius 3 is 2.25 bits per heavy atom. The predicted octanol–water partition coefficient (Wildman–Crippen LogP) is 3.96. The molecule has 3 rings (SSSR count). The Morgan fingerprint density at radius 2 is 1.67 bits per heavy atom. The quantitative estimate of drug-likeness (QED) is 0.520. The maximum atomic E-state index is 12.8. The van der Waals surface area contributed by atoms with Crippen LogP contribution in [0.4, 0.5) is 4.79 Å². The average molecular weight is 345 g/mol. The van der Waals surface area contributed by atoms with Gasteiger partial charge in [0, 0.05) is 11.1 Å². The van der Waals surface area contributed by atoms with Gasteiger partial charge in [0.2, 0.25) is 0 Å². The third-order valence-electron chi connectivity index (χ3n) is 3.74. The van der Waals surface area contributed by atoms with E-state index in [0.717, 1.165) is 0 Å². The van der Waals surface area contributed by atoms with Crippen LogP contribution in [0, 0.1) is 6.92 Å². The van der Waals surface area contributed by atoms with E-state index in [9.17, 15) is 14.4 Å². The fraction of sp³-hybridized carbons (Fsp3) is 0.167. The molecule has 1 aliphatic carbocycles. The maximum Gasteiger partial charge on any atom is 0.513 e. The van der Waals surface area contributed by atoms with E-state index in [2.05, 4.69) is 0 Å². The number of carbonyl (C=O) groups is 3. The van der Waals surface area contributed by atoms with E-state index in [1.165, 1.54) is 6.07 Å². The SMILES string of the molecule is CCOC(=O)Oc1cc(C)c(Cl)c2c1C(=O)c1ccccc1C2=O. The largest absolute Gasteiger partial charge is 0.513 e. The van der Waals surface area contributed by atoms with Gasteiger partial charge in [0.1, 0.15) is 5.75 Å². The minimum absolute atomic E-state index is 0.0117. The maximum absolute atomic E-state index is 12.8. The molecule has 0 radical (unpaired) electrons. The summed E-state index contributed by atoms with van der Waals surface area (Å²) in [5, 5.41) is 0.175. The van der Waals surface area contributed by atoms with Gasteiger partial charge >= 0.3 is 6.16 Å². The van der Waals surface area contributed by atoms with Crippen LogP contribution in [-0.2, 0) is 4.74 Å². The molecule has 0 heterocycles. The van der Waals surface area contributed by atoms with Crippen molar-refractivity contribution in [1.29, 1.82) is 0 Å². The summed E-state index contributed by atoms with van der Waals surface area (Å²) >= 11 is 6.26. The van der Waals surface area contributed by atoms with Crippen molar-refractivity contribution in [2.75, 3.05) is 6.61 Å². The predicted molar refractivity (Wildman–Crippen MR) is 87.1 cm³/mol. The molecular formula is C18H13ClO5. The van der Waals surface area contributed by atoms with Gasteiger partial charge in [-0.3, -0.25) is 9.59 Å². The number of carbonyl (C=O) groups excluding carboxylic acids is 3. The second-order valence-electron chi connectivity index (χ2n) is 5.24. The van der Waals surface area contributed by atoms with E-state index >= 15 is 0 Å². The summed E-state index contributed by atoms with van der Waals surface area (Å²) in [6, 6.07) is 7.92. The van der Waals surface area contributed by atoms with Crippen LogP contribution >= 0.6 is 11.6 Å². The fourth-order valence-electron chi connectivity index (χ4n) is 2.67. The van der Waals surface area contributed by atoms with Crippen LogP contribution in [0.15, 0.2) is 30.3 Å². The molecule has 24 heavy (non-hydrogen) atoms. The van der Waals surface area contributed by atoms with Gasteiger partial charge < -0.3 is 9.47 Å². The van der Waals surface area contributed by atoms with Crippen molar-refractivity contribution in [3.05, 3.63) is 63.2 Å². The Kier molecular flexibility index (Phi) is 4.11. The van der Waals surface area contributed by atoms with Crippen molar-refractivity contribution in [3.63, 3.8) is 0 Å². The van der Waals surface area contributed by atoms with Crippen LogP contribution in [0.25, 0.3) is 0 Å². The molecule has 2 aromatic rings.